The molecule has 0 aliphatic carbocycles. The van der Waals surface area contributed by atoms with Crippen LogP contribution >= 0.6 is 23.2 Å². The molecule has 5 heterocycles. The number of pyridine rings is 1. The van der Waals surface area contributed by atoms with Crippen LogP contribution in [0.25, 0.3) is 5.69 Å². The summed E-state index contributed by atoms with van der Waals surface area (Å²) in [5.74, 6) is -0.681. The van der Waals surface area contributed by atoms with Gasteiger partial charge in [-0.2, -0.15) is 10.2 Å². The van der Waals surface area contributed by atoms with Crippen molar-refractivity contribution in [2.75, 3.05) is 49.2 Å². The molecular formula is C35H39Cl2N9O4. The van der Waals surface area contributed by atoms with E-state index in [-0.39, 0.29) is 31.0 Å². The molecule has 2 aliphatic rings. The highest BCUT2D eigenvalue weighted by Gasteiger charge is 2.45. The second kappa shape index (κ2) is 14.4. The summed E-state index contributed by atoms with van der Waals surface area (Å²) < 4.78 is 23.5. The normalized spacial score (nSPS) is 20.0. The van der Waals surface area contributed by atoms with Crippen LogP contribution in [0.2, 0.25) is 10.0 Å². The Morgan fingerprint density at radius 2 is 1.80 bits per heavy atom. The van der Waals surface area contributed by atoms with Gasteiger partial charge in [0, 0.05) is 48.5 Å². The maximum Gasteiger partial charge on any atom is 0.350 e. The largest absolute Gasteiger partial charge is 0.475 e. The molecule has 2 fully saturated rings. The van der Waals surface area contributed by atoms with Crippen molar-refractivity contribution in [1.29, 1.82) is 0 Å². The number of aryl methyl sites for hydroxylation is 1. The summed E-state index contributed by atoms with van der Waals surface area (Å²) in [5.41, 5.74) is 4.67. The average Bonchev–Trinajstić information content (AvgIpc) is 3.88. The number of hydrogen-bond acceptors (Lipinski definition) is 10. The Labute approximate surface area is 299 Å². The lowest BCUT2D eigenvalue weighted by Crippen LogP contribution is -2.46. The number of piperazine rings is 1. The summed E-state index contributed by atoms with van der Waals surface area (Å²) in [4.78, 5) is 26.2. The summed E-state index contributed by atoms with van der Waals surface area (Å²) in [5, 5.41) is 9.50. The molecule has 0 amide bonds. The number of nitrogens with zero attached hydrogens (tertiary/aromatic N) is 9. The lowest BCUT2D eigenvalue weighted by atomic mass is 10.1. The minimum absolute atomic E-state index is 0.0564. The maximum absolute atomic E-state index is 12.9. The van der Waals surface area contributed by atoms with E-state index < -0.39 is 5.79 Å². The van der Waals surface area contributed by atoms with Crippen LogP contribution in [-0.4, -0.2) is 79.6 Å². The standard InChI is InChI=1S/C35H39Cl2N9O4/c1-4-25(3)46-34(47)45(23-41-46)27-6-9-32(24(2)15-27)43-13-11-42(12-14-43)28-7-10-33(39-17-28)48-18-29-19-49-35(50-29,20-44-22-38-21-40-44)30-8-5-26(36)16-31(30)37/h5-10,15-17,21-23,25,29H,4,11-14,18-20H2,1-3H3/t25?,29?,35-/m1/s1. The molecule has 15 heteroatoms. The summed E-state index contributed by atoms with van der Waals surface area (Å²) in [6.45, 7) is 10.3. The molecule has 7 rings (SSSR count). The molecule has 3 aromatic heterocycles. The van der Waals surface area contributed by atoms with Crippen LogP contribution in [0.1, 0.15) is 37.4 Å². The molecule has 2 aliphatic heterocycles. The van der Waals surface area contributed by atoms with Crippen molar-refractivity contribution in [1.82, 2.24) is 34.1 Å². The molecule has 0 saturated carbocycles. The average molecular weight is 721 g/mol. The highest BCUT2D eigenvalue weighted by molar-refractivity contribution is 6.35. The van der Waals surface area contributed by atoms with E-state index in [4.69, 9.17) is 37.4 Å². The van der Waals surface area contributed by atoms with E-state index in [1.54, 1.807) is 44.8 Å². The zero-order chi connectivity index (χ0) is 34.8. The van der Waals surface area contributed by atoms with Gasteiger partial charge in [-0.05, 0) is 62.2 Å². The molecule has 262 valence electrons. The first-order valence-corrected chi connectivity index (χ1v) is 17.4. The van der Waals surface area contributed by atoms with Crippen molar-refractivity contribution in [2.45, 2.75) is 51.7 Å². The Hall–Kier alpha value is -4.43. The summed E-state index contributed by atoms with van der Waals surface area (Å²) >= 11 is 12.7. The van der Waals surface area contributed by atoms with E-state index in [0.29, 0.717) is 28.1 Å². The smallest absolute Gasteiger partial charge is 0.350 e. The van der Waals surface area contributed by atoms with Gasteiger partial charge in [-0.15, -0.1) is 0 Å². The van der Waals surface area contributed by atoms with Gasteiger partial charge in [0.15, 0.2) is 0 Å². The SMILES string of the molecule is CCC(C)n1ncn(-c2ccc(N3CCN(c4ccc(OCC5CO[C@@](Cn6cncn6)(c6ccc(Cl)cc6Cl)O5)nc4)CC3)c(C)c2)c1=O. The number of aromatic nitrogens is 7. The van der Waals surface area contributed by atoms with Crippen LogP contribution in [-0.2, 0) is 21.8 Å². The molecule has 2 unspecified atom stereocenters. The number of benzene rings is 2. The van der Waals surface area contributed by atoms with Crippen LogP contribution < -0.4 is 20.2 Å². The second-order valence-electron chi connectivity index (χ2n) is 12.6. The van der Waals surface area contributed by atoms with Crippen LogP contribution in [0.3, 0.4) is 0 Å². The fourth-order valence-corrected chi connectivity index (χ4v) is 6.98. The number of anilines is 2. The van der Waals surface area contributed by atoms with Crippen molar-refractivity contribution in [3.63, 3.8) is 0 Å². The van der Waals surface area contributed by atoms with E-state index in [0.717, 1.165) is 49.5 Å². The molecular weight excluding hydrogens is 681 g/mol. The number of rotatable bonds is 11. The summed E-state index contributed by atoms with van der Waals surface area (Å²) in [6, 6.07) is 15.3. The molecule has 0 bridgehead atoms. The number of ether oxygens (including phenoxy) is 3. The van der Waals surface area contributed by atoms with Gasteiger partial charge in [-0.25, -0.2) is 28.7 Å². The zero-order valence-electron chi connectivity index (χ0n) is 28.2. The van der Waals surface area contributed by atoms with Crippen LogP contribution in [0, 0.1) is 6.92 Å². The van der Waals surface area contributed by atoms with Crippen molar-refractivity contribution in [2.24, 2.45) is 0 Å². The van der Waals surface area contributed by atoms with Crippen LogP contribution in [0.15, 0.2) is 78.5 Å². The van der Waals surface area contributed by atoms with E-state index in [9.17, 15) is 4.79 Å². The van der Waals surface area contributed by atoms with E-state index in [1.807, 2.05) is 38.2 Å². The van der Waals surface area contributed by atoms with Crippen molar-refractivity contribution >= 4 is 34.6 Å². The van der Waals surface area contributed by atoms with Gasteiger partial charge >= 0.3 is 5.69 Å². The molecule has 5 aromatic rings. The summed E-state index contributed by atoms with van der Waals surface area (Å²) in [7, 11) is 0. The lowest BCUT2D eigenvalue weighted by molar-refractivity contribution is -0.190. The Kier molecular flexibility index (Phi) is 9.82. The fourth-order valence-electron chi connectivity index (χ4n) is 6.42. The topological polar surface area (TPSA) is 118 Å². The first-order valence-electron chi connectivity index (χ1n) is 16.7. The zero-order valence-corrected chi connectivity index (χ0v) is 29.7. The molecule has 13 nitrogen and oxygen atoms in total. The van der Waals surface area contributed by atoms with Gasteiger partial charge in [0.25, 0.3) is 0 Å². The Morgan fingerprint density at radius 3 is 2.50 bits per heavy atom. The molecule has 2 saturated heterocycles. The van der Waals surface area contributed by atoms with Gasteiger partial charge in [-0.3, -0.25) is 0 Å². The minimum Gasteiger partial charge on any atom is -0.475 e. The molecule has 0 N–H and O–H groups in total. The molecule has 0 radical (unpaired) electrons. The maximum atomic E-state index is 12.9. The second-order valence-corrected chi connectivity index (χ2v) is 13.5. The van der Waals surface area contributed by atoms with Crippen LogP contribution in [0.5, 0.6) is 5.88 Å². The third-order valence-corrected chi connectivity index (χ3v) is 9.87. The van der Waals surface area contributed by atoms with Gasteiger partial charge in [0.2, 0.25) is 11.7 Å². The van der Waals surface area contributed by atoms with Crippen molar-refractivity contribution in [3.05, 3.63) is 105 Å². The monoisotopic (exact) mass is 719 g/mol. The lowest BCUT2D eigenvalue weighted by Gasteiger charge is -2.38. The van der Waals surface area contributed by atoms with Gasteiger partial charge in [0.05, 0.1) is 35.2 Å². The molecule has 50 heavy (non-hydrogen) atoms. The Morgan fingerprint density at radius 1 is 1.00 bits per heavy atom. The van der Waals surface area contributed by atoms with Gasteiger partial charge < -0.3 is 24.0 Å². The highest BCUT2D eigenvalue weighted by Crippen LogP contribution is 2.40. The van der Waals surface area contributed by atoms with Gasteiger partial charge in [0.1, 0.15) is 38.2 Å². The number of halogens is 2. The molecule has 0 spiro atoms. The van der Waals surface area contributed by atoms with E-state index in [1.165, 1.54) is 12.0 Å². The van der Waals surface area contributed by atoms with Crippen LogP contribution in [0.4, 0.5) is 11.4 Å². The van der Waals surface area contributed by atoms with E-state index in [2.05, 4.69) is 49.0 Å². The first kappa shape index (κ1) is 34.0. The van der Waals surface area contributed by atoms with Gasteiger partial charge in [-0.1, -0.05) is 36.2 Å². The minimum atomic E-state index is -1.18. The quantitative estimate of drug-likeness (QED) is 0.179. The van der Waals surface area contributed by atoms with Crippen molar-refractivity contribution < 1.29 is 14.2 Å². The highest BCUT2D eigenvalue weighted by atomic mass is 35.5. The first-order chi connectivity index (χ1) is 24.2. The predicted octanol–water partition coefficient (Wildman–Crippen LogP) is 5.28. The third-order valence-electron chi connectivity index (χ3n) is 9.32. The van der Waals surface area contributed by atoms with Crippen molar-refractivity contribution in [3.8, 4) is 11.6 Å². The summed E-state index contributed by atoms with van der Waals surface area (Å²) in [6.07, 6.45) is 6.98. The third kappa shape index (κ3) is 6.95. The fraction of sp³-hybridized carbons (Fsp3) is 0.400. The van der Waals surface area contributed by atoms with E-state index >= 15 is 0 Å². The molecule has 2 aromatic carbocycles. The predicted molar refractivity (Wildman–Crippen MR) is 191 cm³/mol. The Balaban J connectivity index is 0.939. The number of hydrogen-bond donors (Lipinski definition) is 0. The Bertz CT molecular complexity index is 1980. The molecule has 3 atom stereocenters.